The maximum atomic E-state index is 14.1. The van der Waals surface area contributed by atoms with Crippen molar-refractivity contribution in [1.29, 1.82) is 0 Å². The zero-order valence-electron chi connectivity index (χ0n) is 26.2. The number of hydrogen-bond acceptors (Lipinski definition) is 6. The molecule has 0 aliphatic carbocycles. The van der Waals surface area contributed by atoms with E-state index in [0.29, 0.717) is 36.1 Å². The summed E-state index contributed by atoms with van der Waals surface area (Å²) in [6, 6.07) is 34.1. The fourth-order valence-electron chi connectivity index (χ4n) is 6.99. The third-order valence-corrected chi connectivity index (χ3v) is 9.54. The van der Waals surface area contributed by atoms with E-state index in [-0.39, 0.29) is 31.4 Å². The molecule has 3 heterocycles. The van der Waals surface area contributed by atoms with E-state index in [2.05, 4.69) is 0 Å². The molecule has 1 spiro atoms. The summed E-state index contributed by atoms with van der Waals surface area (Å²) in [5.74, 6) is -0.453. The van der Waals surface area contributed by atoms with Gasteiger partial charge in [0, 0.05) is 18.5 Å². The molecule has 242 valence electrons. The van der Waals surface area contributed by atoms with E-state index in [0.717, 1.165) is 16.7 Å². The standard InChI is InChI=1S/C38H37ClN2O6/c1-40-31-18-17-29(39)19-30(31)36(42)41-25-38(20-32(41)37(40)43)35(46-23-28-15-9-4-10-16-28)34(45-22-27-13-7-3-8-14-27)33(47-38)24-44-21-26-11-5-2-6-12-26/h2-19,32-35H,20-25H2,1H3/t32-,33-,34-,35+,38+/m0/s1. The molecule has 5 atom stereocenters. The molecule has 0 saturated carbocycles. The minimum Gasteiger partial charge on any atom is -0.374 e. The SMILES string of the molecule is CN1C(=O)[C@@H]2C[C@]3(CN2C(=O)c2cc(Cl)ccc21)O[C@@H](COCc1ccccc1)[C@H](OCc1ccccc1)[C@H]3OCc1ccccc1. The molecule has 7 rings (SSSR count). The lowest BCUT2D eigenvalue weighted by atomic mass is 9.90. The van der Waals surface area contributed by atoms with Crippen molar-refractivity contribution in [3.8, 4) is 0 Å². The summed E-state index contributed by atoms with van der Waals surface area (Å²) in [7, 11) is 1.70. The molecule has 0 aromatic heterocycles. The van der Waals surface area contributed by atoms with Crippen molar-refractivity contribution in [3.63, 3.8) is 0 Å². The molecule has 3 aliphatic rings. The van der Waals surface area contributed by atoms with E-state index in [9.17, 15) is 9.59 Å². The fraction of sp³-hybridized carbons (Fsp3) is 0.316. The number of rotatable bonds is 10. The normalized spacial score (nSPS) is 25.2. The molecule has 4 aromatic rings. The second kappa shape index (κ2) is 13.6. The van der Waals surface area contributed by atoms with Crippen LogP contribution in [-0.2, 0) is 43.6 Å². The molecule has 0 N–H and O–H groups in total. The maximum absolute atomic E-state index is 14.1. The van der Waals surface area contributed by atoms with Crippen LogP contribution >= 0.6 is 11.6 Å². The second-order valence-corrected chi connectivity index (χ2v) is 12.8. The first-order valence-electron chi connectivity index (χ1n) is 15.9. The van der Waals surface area contributed by atoms with Crippen LogP contribution in [0.5, 0.6) is 0 Å². The van der Waals surface area contributed by atoms with Crippen LogP contribution in [0.25, 0.3) is 0 Å². The number of likely N-dealkylation sites (N-methyl/N-ethyl adjacent to an activating group) is 1. The fourth-order valence-corrected chi connectivity index (χ4v) is 7.16. The summed E-state index contributed by atoms with van der Waals surface area (Å²) in [6.45, 7) is 1.45. The molecular weight excluding hydrogens is 616 g/mol. The van der Waals surface area contributed by atoms with Crippen LogP contribution in [0, 0.1) is 0 Å². The highest BCUT2D eigenvalue weighted by atomic mass is 35.5. The molecular formula is C38H37ClN2O6. The number of anilines is 1. The van der Waals surface area contributed by atoms with E-state index in [1.165, 1.54) is 0 Å². The predicted octanol–water partition coefficient (Wildman–Crippen LogP) is 6.06. The second-order valence-electron chi connectivity index (χ2n) is 12.4. The Kier molecular flexibility index (Phi) is 9.12. The van der Waals surface area contributed by atoms with Crippen LogP contribution in [-0.4, -0.2) is 66.9 Å². The van der Waals surface area contributed by atoms with Gasteiger partial charge in [-0.1, -0.05) is 103 Å². The van der Waals surface area contributed by atoms with Gasteiger partial charge in [-0.05, 0) is 34.9 Å². The number of ether oxygens (including phenoxy) is 4. The molecule has 0 radical (unpaired) electrons. The number of amides is 2. The summed E-state index contributed by atoms with van der Waals surface area (Å²) in [6.07, 6.45) is -1.41. The predicted molar refractivity (Wildman–Crippen MR) is 178 cm³/mol. The van der Waals surface area contributed by atoms with Gasteiger partial charge in [-0.2, -0.15) is 0 Å². The van der Waals surface area contributed by atoms with E-state index < -0.39 is 30.0 Å². The first-order valence-corrected chi connectivity index (χ1v) is 16.3. The Hall–Kier alpha value is -4.05. The molecule has 3 aliphatic heterocycles. The molecule has 2 fully saturated rings. The molecule has 2 amide bonds. The topological polar surface area (TPSA) is 77.5 Å². The van der Waals surface area contributed by atoms with E-state index in [1.54, 1.807) is 35.0 Å². The van der Waals surface area contributed by atoms with E-state index in [1.807, 2.05) is 91.0 Å². The van der Waals surface area contributed by atoms with Gasteiger partial charge in [0.05, 0.1) is 44.2 Å². The number of carbonyl (C=O) groups is 2. The van der Waals surface area contributed by atoms with Gasteiger partial charge >= 0.3 is 0 Å². The number of nitrogens with zero attached hydrogens (tertiary/aromatic N) is 2. The first-order chi connectivity index (χ1) is 22.9. The van der Waals surface area contributed by atoms with Gasteiger partial charge in [-0.3, -0.25) is 9.59 Å². The Morgan fingerprint density at radius 2 is 1.40 bits per heavy atom. The van der Waals surface area contributed by atoms with Crippen LogP contribution in [0.4, 0.5) is 5.69 Å². The number of benzene rings is 4. The van der Waals surface area contributed by atoms with Gasteiger partial charge in [-0.25, -0.2) is 0 Å². The summed E-state index contributed by atoms with van der Waals surface area (Å²) >= 11 is 6.33. The summed E-state index contributed by atoms with van der Waals surface area (Å²) in [5, 5.41) is 0.427. The number of hydrogen-bond donors (Lipinski definition) is 0. The van der Waals surface area contributed by atoms with Crippen molar-refractivity contribution >= 4 is 29.1 Å². The lowest BCUT2D eigenvalue weighted by Crippen LogP contribution is -2.48. The van der Waals surface area contributed by atoms with Crippen molar-refractivity contribution in [1.82, 2.24) is 4.90 Å². The van der Waals surface area contributed by atoms with E-state index >= 15 is 0 Å². The van der Waals surface area contributed by atoms with Gasteiger partial charge in [0.2, 0.25) is 5.91 Å². The van der Waals surface area contributed by atoms with Crippen LogP contribution < -0.4 is 4.90 Å². The first kappa shape index (κ1) is 31.5. The lowest BCUT2D eigenvalue weighted by molar-refractivity contribution is -0.124. The highest BCUT2D eigenvalue weighted by molar-refractivity contribution is 6.31. The molecule has 0 bridgehead atoms. The summed E-state index contributed by atoms with van der Waals surface area (Å²) in [4.78, 5) is 31.3. The van der Waals surface area contributed by atoms with Crippen molar-refractivity contribution in [2.45, 2.75) is 56.2 Å². The van der Waals surface area contributed by atoms with Crippen molar-refractivity contribution in [2.24, 2.45) is 0 Å². The third kappa shape index (κ3) is 6.44. The molecule has 47 heavy (non-hydrogen) atoms. The smallest absolute Gasteiger partial charge is 0.256 e. The zero-order valence-corrected chi connectivity index (χ0v) is 26.9. The largest absolute Gasteiger partial charge is 0.374 e. The zero-order chi connectivity index (χ0) is 32.4. The van der Waals surface area contributed by atoms with Crippen LogP contribution in [0.15, 0.2) is 109 Å². The molecule has 8 nitrogen and oxygen atoms in total. The lowest BCUT2D eigenvalue weighted by Gasteiger charge is -2.32. The Morgan fingerprint density at radius 3 is 2.04 bits per heavy atom. The van der Waals surface area contributed by atoms with Crippen LogP contribution in [0.3, 0.4) is 0 Å². The Morgan fingerprint density at radius 1 is 0.809 bits per heavy atom. The monoisotopic (exact) mass is 652 g/mol. The third-order valence-electron chi connectivity index (χ3n) is 9.30. The minimum absolute atomic E-state index is 0.155. The van der Waals surface area contributed by atoms with Crippen LogP contribution in [0.2, 0.25) is 5.02 Å². The van der Waals surface area contributed by atoms with Gasteiger partial charge in [-0.15, -0.1) is 0 Å². The van der Waals surface area contributed by atoms with Crippen molar-refractivity contribution in [3.05, 3.63) is 136 Å². The summed E-state index contributed by atoms with van der Waals surface area (Å²) < 4.78 is 26.6. The molecule has 4 aromatic carbocycles. The van der Waals surface area contributed by atoms with Crippen LogP contribution in [0.1, 0.15) is 33.5 Å². The van der Waals surface area contributed by atoms with Gasteiger partial charge in [0.1, 0.15) is 30.0 Å². The number of carbonyl (C=O) groups excluding carboxylic acids is 2. The van der Waals surface area contributed by atoms with Gasteiger partial charge in [0.15, 0.2) is 0 Å². The number of halogens is 1. The quantitative estimate of drug-likeness (QED) is 0.207. The van der Waals surface area contributed by atoms with Crippen molar-refractivity contribution in [2.75, 3.05) is 25.1 Å². The Labute approximate surface area is 279 Å². The molecule has 9 heteroatoms. The maximum Gasteiger partial charge on any atom is 0.256 e. The Balaban J connectivity index is 1.22. The highest BCUT2D eigenvalue weighted by Crippen LogP contribution is 2.47. The molecule has 2 saturated heterocycles. The average molecular weight is 653 g/mol. The highest BCUT2D eigenvalue weighted by Gasteiger charge is 2.64. The van der Waals surface area contributed by atoms with Gasteiger partial charge in [0.25, 0.3) is 5.91 Å². The Bertz CT molecular complexity index is 1710. The number of fused-ring (bicyclic) bond motifs is 2. The van der Waals surface area contributed by atoms with Gasteiger partial charge < -0.3 is 28.7 Å². The summed E-state index contributed by atoms with van der Waals surface area (Å²) in [5.41, 5.74) is 2.95. The minimum atomic E-state index is -1.02. The molecule has 0 unspecified atom stereocenters. The average Bonchev–Trinajstić information content (AvgIpc) is 3.61. The van der Waals surface area contributed by atoms with Crippen molar-refractivity contribution < 1.29 is 28.5 Å². The van der Waals surface area contributed by atoms with E-state index in [4.69, 9.17) is 30.5 Å².